The van der Waals surface area contributed by atoms with E-state index in [1.165, 1.54) is 38.6 Å². The monoisotopic (exact) mass is 360 g/mol. The highest BCUT2D eigenvalue weighted by atomic mass is 14.2. The van der Waals surface area contributed by atoms with Gasteiger partial charge in [-0.05, 0) is 51.6 Å². The first-order valence-corrected chi connectivity index (χ1v) is 9.70. The maximum absolute atomic E-state index is 4.35. The molecule has 0 spiro atoms. The Morgan fingerprint density at radius 2 is 1.36 bits per heavy atom. The molecule has 0 aliphatic rings. The summed E-state index contributed by atoms with van der Waals surface area (Å²) in [5.74, 6) is 0. The van der Waals surface area contributed by atoms with Crippen LogP contribution in [0.2, 0.25) is 0 Å². The Morgan fingerprint density at radius 3 is 2.07 bits per heavy atom. The van der Waals surface area contributed by atoms with E-state index < -0.39 is 0 Å². The minimum Gasteiger partial charge on any atom is -0.0911 e. The fraction of sp³-hybridized carbons (Fsp3) is 0.0714. The smallest absolute Gasteiger partial charge is 0.00196 e. The number of hydrogen-bond acceptors (Lipinski definition) is 0. The summed E-state index contributed by atoms with van der Waals surface area (Å²) in [5, 5.41) is 2.26. The van der Waals surface area contributed by atoms with Crippen LogP contribution in [0.15, 0.2) is 103 Å². The summed E-state index contributed by atoms with van der Waals surface area (Å²) in [7, 11) is 0. The third-order valence-electron chi connectivity index (χ3n) is 5.12. The Morgan fingerprint density at radius 1 is 0.714 bits per heavy atom. The van der Waals surface area contributed by atoms with Gasteiger partial charge in [-0.15, -0.1) is 0 Å². The van der Waals surface area contributed by atoms with Crippen LogP contribution in [-0.2, 0) is 6.42 Å². The van der Waals surface area contributed by atoms with E-state index in [4.69, 9.17) is 0 Å². The zero-order valence-corrected chi connectivity index (χ0v) is 16.2. The molecule has 0 saturated heterocycles. The third kappa shape index (κ3) is 3.82. The predicted molar refractivity (Wildman–Crippen MR) is 120 cm³/mol. The molecule has 0 radical (unpaired) electrons. The number of hydrogen-bond donors (Lipinski definition) is 0. The highest BCUT2D eigenvalue weighted by Crippen LogP contribution is 2.25. The van der Waals surface area contributed by atoms with Gasteiger partial charge in [0.2, 0.25) is 0 Å². The molecule has 0 heteroatoms. The summed E-state index contributed by atoms with van der Waals surface area (Å²) in [6, 6.07) is 36.6. The van der Waals surface area contributed by atoms with Crippen molar-refractivity contribution in [2.24, 2.45) is 0 Å². The number of aryl methyl sites for hydroxylation is 1. The van der Waals surface area contributed by atoms with E-state index >= 15 is 0 Å². The molecule has 4 aromatic rings. The van der Waals surface area contributed by atoms with E-state index in [-0.39, 0.29) is 0 Å². The largest absolute Gasteiger partial charge is 0.0911 e. The van der Waals surface area contributed by atoms with Gasteiger partial charge in [-0.25, -0.2) is 0 Å². The molecule has 0 aromatic heterocycles. The summed E-state index contributed by atoms with van der Waals surface area (Å²) >= 11 is 0. The Kier molecular flexibility index (Phi) is 5.21. The van der Waals surface area contributed by atoms with E-state index in [0.717, 1.165) is 11.6 Å². The number of rotatable bonds is 4. The van der Waals surface area contributed by atoms with Crippen LogP contribution in [-0.4, -0.2) is 0 Å². The van der Waals surface area contributed by atoms with E-state index in [9.17, 15) is 0 Å². The van der Waals surface area contributed by atoms with Crippen LogP contribution in [0.3, 0.4) is 0 Å². The van der Waals surface area contributed by atoms with Crippen LogP contribution >= 0.6 is 0 Å². The summed E-state index contributed by atoms with van der Waals surface area (Å²) in [6.07, 6.45) is 0.908. The second-order valence-corrected chi connectivity index (χ2v) is 7.22. The molecule has 0 aliphatic carbocycles. The summed E-state index contributed by atoms with van der Waals surface area (Å²) < 4.78 is 0. The lowest BCUT2D eigenvalue weighted by molar-refractivity contribution is 1.18. The van der Waals surface area contributed by atoms with Crippen molar-refractivity contribution in [3.63, 3.8) is 0 Å². The molecule has 0 fully saturated rings. The second-order valence-electron chi connectivity index (χ2n) is 7.22. The quantitative estimate of drug-likeness (QED) is 0.467. The average Bonchev–Trinajstić information content (AvgIpc) is 2.72. The van der Waals surface area contributed by atoms with Crippen molar-refractivity contribution in [2.75, 3.05) is 0 Å². The molecule has 136 valence electrons. The van der Waals surface area contributed by atoms with Crippen LogP contribution in [0, 0.1) is 6.92 Å². The molecule has 28 heavy (non-hydrogen) atoms. The lowest BCUT2D eigenvalue weighted by Gasteiger charge is -2.15. The van der Waals surface area contributed by atoms with Gasteiger partial charge in [-0.1, -0.05) is 115 Å². The molecular weight excluding hydrogens is 336 g/mol. The van der Waals surface area contributed by atoms with Gasteiger partial charge in [-0.3, -0.25) is 0 Å². The van der Waals surface area contributed by atoms with Gasteiger partial charge in [0.15, 0.2) is 0 Å². The molecule has 0 nitrogen and oxygen atoms in total. The first-order chi connectivity index (χ1) is 13.7. The molecule has 0 heterocycles. The Labute approximate surface area is 167 Å². The zero-order valence-electron chi connectivity index (χ0n) is 16.2. The van der Waals surface area contributed by atoms with Crippen LogP contribution in [0.4, 0.5) is 0 Å². The molecule has 0 atom stereocenters. The van der Waals surface area contributed by atoms with Crippen molar-refractivity contribution >= 4 is 12.2 Å². The van der Waals surface area contributed by atoms with Crippen LogP contribution < -0.4 is 10.4 Å². The first-order valence-electron chi connectivity index (χ1n) is 9.70. The minimum atomic E-state index is 0.908. The second kappa shape index (κ2) is 8.10. The van der Waals surface area contributed by atoms with E-state index in [1.807, 2.05) is 0 Å². The standard InChI is InChI=1S/C28H24/c1-21-17-18-26(22(2)19-21)28(24-13-7-4-8-14-24)27-16-10-9-15-25(27)20-23-11-5-3-6-12-23/h3-19H,2,20H2,1H3/b28-26-. The van der Waals surface area contributed by atoms with Crippen molar-refractivity contribution in [3.05, 3.63) is 141 Å². The molecule has 0 aliphatic heterocycles. The van der Waals surface area contributed by atoms with Crippen LogP contribution in [0.1, 0.15) is 27.8 Å². The highest BCUT2D eigenvalue weighted by Gasteiger charge is 2.11. The van der Waals surface area contributed by atoms with Crippen LogP contribution in [0.5, 0.6) is 0 Å². The van der Waals surface area contributed by atoms with Crippen molar-refractivity contribution in [2.45, 2.75) is 13.3 Å². The van der Waals surface area contributed by atoms with E-state index in [0.29, 0.717) is 0 Å². The van der Waals surface area contributed by atoms with E-state index in [1.54, 1.807) is 0 Å². The third-order valence-corrected chi connectivity index (χ3v) is 5.12. The van der Waals surface area contributed by atoms with Gasteiger partial charge >= 0.3 is 0 Å². The molecule has 4 rings (SSSR count). The summed E-state index contributed by atoms with van der Waals surface area (Å²) in [4.78, 5) is 0. The highest BCUT2D eigenvalue weighted by molar-refractivity contribution is 5.81. The lowest BCUT2D eigenvalue weighted by Crippen LogP contribution is -2.27. The summed E-state index contributed by atoms with van der Waals surface area (Å²) in [5.41, 5.74) is 7.62. The predicted octanol–water partition coefficient (Wildman–Crippen LogP) is 5.24. The fourth-order valence-corrected chi connectivity index (χ4v) is 3.76. The molecule has 4 aromatic carbocycles. The van der Waals surface area contributed by atoms with Gasteiger partial charge in [0.1, 0.15) is 0 Å². The lowest BCUT2D eigenvalue weighted by atomic mass is 9.89. The minimum absolute atomic E-state index is 0.908. The SMILES string of the molecule is C=c1cc(C)cc/c1=C(\c1ccccc1)c1ccccc1Cc1ccccc1. The first kappa shape index (κ1) is 18.0. The van der Waals surface area contributed by atoms with Crippen LogP contribution in [0.25, 0.3) is 12.2 Å². The Hall–Kier alpha value is -3.38. The topological polar surface area (TPSA) is 0 Å². The Bertz CT molecular complexity index is 1190. The van der Waals surface area contributed by atoms with Gasteiger partial charge < -0.3 is 0 Å². The van der Waals surface area contributed by atoms with Crippen molar-refractivity contribution < 1.29 is 0 Å². The molecule has 0 bridgehead atoms. The molecule has 0 saturated carbocycles. The molecule has 0 unspecified atom stereocenters. The van der Waals surface area contributed by atoms with Gasteiger partial charge in [-0.2, -0.15) is 0 Å². The fourth-order valence-electron chi connectivity index (χ4n) is 3.76. The molecule has 0 N–H and O–H groups in total. The van der Waals surface area contributed by atoms with Gasteiger partial charge in [0.05, 0.1) is 0 Å². The number of benzene rings is 4. The summed E-state index contributed by atoms with van der Waals surface area (Å²) in [6.45, 7) is 6.46. The maximum atomic E-state index is 4.35. The van der Waals surface area contributed by atoms with Crippen molar-refractivity contribution in [1.82, 2.24) is 0 Å². The zero-order chi connectivity index (χ0) is 19.3. The maximum Gasteiger partial charge on any atom is -0.00196 e. The van der Waals surface area contributed by atoms with Crippen molar-refractivity contribution in [1.29, 1.82) is 0 Å². The van der Waals surface area contributed by atoms with Gasteiger partial charge in [0, 0.05) is 0 Å². The van der Waals surface area contributed by atoms with Crippen molar-refractivity contribution in [3.8, 4) is 0 Å². The van der Waals surface area contributed by atoms with E-state index in [2.05, 4.69) is 117 Å². The average molecular weight is 361 g/mol. The molecule has 0 amide bonds. The molecular formula is C28H24. The Balaban J connectivity index is 1.99. The van der Waals surface area contributed by atoms with Gasteiger partial charge in [0.25, 0.3) is 0 Å². The normalized spacial score (nSPS) is 11.9.